The molecule has 0 aromatic carbocycles. The van der Waals surface area contributed by atoms with Crippen LogP contribution in [0.15, 0.2) is 23.0 Å². The van der Waals surface area contributed by atoms with Crippen LogP contribution in [0.1, 0.15) is 76.9 Å². The monoisotopic (exact) mass is 474 g/mol. The first-order chi connectivity index (χ1) is 16.3. The molecule has 0 radical (unpaired) electrons. The standard InChI is InChI=1S/C26H34O8/c1-4-5-6-7-21(27)33-20-13-18(25(30)31-3)26(2)10-8-16-17(22(26)23(20)28)12-19(34-24(16)29)15-9-11-32-14-15/h9,11,14,16-20,22H,4-8,10,12-13H2,1-3H3/t16-,17+,18+,19+,20+,22+,26+/m1/s1. The van der Waals surface area contributed by atoms with E-state index in [1.54, 1.807) is 12.3 Å². The number of carbonyl (C=O) groups excluding carboxylic acids is 4. The largest absolute Gasteiger partial charge is 0.472 e. The number of Topliss-reactive ketones (excluding diaryl/α,β-unsaturated/α-hetero) is 1. The van der Waals surface area contributed by atoms with E-state index in [-0.39, 0.29) is 30.5 Å². The molecule has 0 bridgehead atoms. The number of cyclic esters (lactones) is 1. The lowest BCUT2D eigenvalue weighted by Crippen LogP contribution is -2.61. The molecule has 2 saturated carbocycles. The maximum Gasteiger partial charge on any atom is 0.309 e. The molecule has 2 aliphatic carbocycles. The van der Waals surface area contributed by atoms with E-state index in [0.29, 0.717) is 25.7 Å². The van der Waals surface area contributed by atoms with Crippen LogP contribution in [-0.4, -0.2) is 36.9 Å². The SMILES string of the molecule is CCCCCC(=O)O[C@H]1C[C@@H](C(=O)OC)[C@]2(C)CC[C@H]3C(=O)O[C@H](c4ccoc4)C[C@@H]3[C@H]2C1=O. The summed E-state index contributed by atoms with van der Waals surface area (Å²) in [4.78, 5) is 52.2. The lowest BCUT2D eigenvalue weighted by Gasteiger charge is -2.56. The number of unbranched alkanes of at least 4 members (excludes halogenated alkanes) is 2. The number of fused-ring (bicyclic) bond motifs is 3. The summed E-state index contributed by atoms with van der Waals surface area (Å²) in [6.45, 7) is 3.99. The van der Waals surface area contributed by atoms with Crippen LogP contribution in [0.4, 0.5) is 0 Å². The second-order valence-electron chi connectivity index (χ2n) is 10.2. The molecule has 2 heterocycles. The predicted molar refractivity (Wildman–Crippen MR) is 119 cm³/mol. The van der Waals surface area contributed by atoms with Gasteiger partial charge >= 0.3 is 17.9 Å². The molecule has 1 aromatic rings. The number of ketones is 1. The molecular weight excluding hydrogens is 440 g/mol. The van der Waals surface area contributed by atoms with E-state index in [9.17, 15) is 19.2 Å². The fourth-order valence-corrected chi connectivity index (χ4v) is 6.41. The minimum Gasteiger partial charge on any atom is -0.472 e. The maximum atomic E-state index is 13.8. The van der Waals surface area contributed by atoms with Gasteiger partial charge in [0.05, 0.1) is 31.5 Å². The van der Waals surface area contributed by atoms with Crippen LogP contribution >= 0.6 is 0 Å². The van der Waals surface area contributed by atoms with Gasteiger partial charge < -0.3 is 18.6 Å². The summed E-state index contributed by atoms with van der Waals surface area (Å²) in [6, 6.07) is 1.75. The minimum atomic E-state index is -1.01. The van der Waals surface area contributed by atoms with Crippen molar-refractivity contribution in [3.8, 4) is 0 Å². The van der Waals surface area contributed by atoms with Gasteiger partial charge in [0.15, 0.2) is 11.9 Å². The number of carbonyl (C=O) groups is 4. The van der Waals surface area contributed by atoms with Crippen molar-refractivity contribution in [2.45, 2.75) is 77.4 Å². The molecule has 7 atom stereocenters. The van der Waals surface area contributed by atoms with Crippen LogP contribution in [0.3, 0.4) is 0 Å². The third-order valence-corrected chi connectivity index (χ3v) is 8.23. The van der Waals surface area contributed by atoms with Crippen molar-refractivity contribution in [2.75, 3.05) is 7.11 Å². The molecule has 34 heavy (non-hydrogen) atoms. The summed E-state index contributed by atoms with van der Waals surface area (Å²) in [5, 5.41) is 0. The first kappa shape index (κ1) is 24.5. The molecule has 3 fully saturated rings. The van der Waals surface area contributed by atoms with E-state index in [1.165, 1.54) is 13.4 Å². The molecular formula is C26H34O8. The molecule has 0 amide bonds. The fraction of sp³-hybridized carbons (Fsp3) is 0.692. The summed E-state index contributed by atoms with van der Waals surface area (Å²) in [6.07, 6.45) is 5.97. The van der Waals surface area contributed by atoms with Gasteiger partial charge in [-0.3, -0.25) is 19.2 Å². The Balaban J connectivity index is 1.64. The highest BCUT2D eigenvalue weighted by molar-refractivity contribution is 5.92. The Bertz CT molecular complexity index is 921. The Morgan fingerprint density at radius 2 is 2.00 bits per heavy atom. The summed E-state index contributed by atoms with van der Waals surface area (Å²) in [5.74, 6) is -3.31. The normalized spacial score (nSPS) is 35.0. The Morgan fingerprint density at radius 3 is 2.68 bits per heavy atom. The minimum absolute atomic E-state index is 0.116. The molecule has 0 unspecified atom stereocenters. The highest BCUT2D eigenvalue weighted by Crippen LogP contribution is 2.59. The second kappa shape index (κ2) is 9.92. The number of methoxy groups -OCH3 is 1. The van der Waals surface area contributed by atoms with Crippen molar-refractivity contribution < 1.29 is 37.8 Å². The van der Waals surface area contributed by atoms with Gasteiger partial charge in [0.2, 0.25) is 0 Å². The third kappa shape index (κ3) is 4.39. The van der Waals surface area contributed by atoms with E-state index < -0.39 is 47.3 Å². The zero-order valence-corrected chi connectivity index (χ0v) is 20.1. The predicted octanol–water partition coefficient (Wildman–Crippen LogP) is 4.17. The zero-order valence-electron chi connectivity index (χ0n) is 20.1. The lowest BCUT2D eigenvalue weighted by atomic mass is 9.48. The summed E-state index contributed by atoms with van der Waals surface area (Å²) in [5.41, 5.74) is 0.0560. The molecule has 1 aromatic heterocycles. The zero-order chi connectivity index (χ0) is 24.5. The smallest absolute Gasteiger partial charge is 0.309 e. The van der Waals surface area contributed by atoms with Crippen molar-refractivity contribution in [3.05, 3.63) is 24.2 Å². The first-order valence-corrected chi connectivity index (χ1v) is 12.3. The van der Waals surface area contributed by atoms with Crippen molar-refractivity contribution in [2.24, 2.45) is 29.1 Å². The Kier molecular flexibility index (Phi) is 7.14. The molecule has 3 aliphatic rings. The van der Waals surface area contributed by atoms with Crippen LogP contribution in [0.2, 0.25) is 0 Å². The van der Waals surface area contributed by atoms with Gasteiger partial charge in [-0.2, -0.15) is 0 Å². The van der Waals surface area contributed by atoms with Crippen LogP contribution in [0, 0.1) is 29.1 Å². The summed E-state index contributed by atoms with van der Waals surface area (Å²) >= 11 is 0. The Morgan fingerprint density at radius 1 is 1.21 bits per heavy atom. The van der Waals surface area contributed by atoms with E-state index in [1.807, 2.05) is 13.8 Å². The van der Waals surface area contributed by atoms with Crippen LogP contribution in [0.25, 0.3) is 0 Å². The van der Waals surface area contributed by atoms with Crippen LogP contribution in [-0.2, 0) is 33.4 Å². The number of rotatable bonds is 7. The molecule has 1 aliphatic heterocycles. The maximum absolute atomic E-state index is 13.8. The van der Waals surface area contributed by atoms with Gasteiger partial charge in [-0.05, 0) is 43.1 Å². The first-order valence-electron chi connectivity index (χ1n) is 12.3. The number of hydrogen-bond donors (Lipinski definition) is 0. The third-order valence-electron chi connectivity index (χ3n) is 8.23. The van der Waals surface area contributed by atoms with Crippen molar-refractivity contribution in [3.63, 3.8) is 0 Å². The van der Waals surface area contributed by atoms with E-state index in [4.69, 9.17) is 18.6 Å². The summed E-state index contributed by atoms with van der Waals surface area (Å²) < 4.78 is 21.6. The van der Waals surface area contributed by atoms with Gasteiger partial charge in [-0.1, -0.05) is 26.7 Å². The second-order valence-corrected chi connectivity index (χ2v) is 10.2. The van der Waals surface area contributed by atoms with E-state index in [0.717, 1.165) is 18.4 Å². The molecule has 8 heteroatoms. The number of furan rings is 1. The molecule has 186 valence electrons. The van der Waals surface area contributed by atoms with Gasteiger partial charge in [-0.25, -0.2) is 0 Å². The van der Waals surface area contributed by atoms with Crippen molar-refractivity contribution in [1.29, 1.82) is 0 Å². The average Bonchev–Trinajstić information content (AvgIpc) is 3.35. The molecule has 4 rings (SSSR count). The number of hydrogen-bond acceptors (Lipinski definition) is 8. The molecule has 1 saturated heterocycles. The summed E-state index contributed by atoms with van der Waals surface area (Å²) in [7, 11) is 1.33. The molecule has 8 nitrogen and oxygen atoms in total. The van der Waals surface area contributed by atoms with Crippen LogP contribution in [0.5, 0.6) is 0 Å². The van der Waals surface area contributed by atoms with Crippen molar-refractivity contribution >= 4 is 23.7 Å². The topological polar surface area (TPSA) is 109 Å². The number of ether oxygens (including phenoxy) is 3. The molecule has 0 spiro atoms. The molecule has 0 N–H and O–H groups in total. The highest BCUT2D eigenvalue weighted by Gasteiger charge is 2.63. The lowest BCUT2D eigenvalue weighted by molar-refractivity contribution is -0.194. The van der Waals surface area contributed by atoms with E-state index >= 15 is 0 Å². The quantitative estimate of drug-likeness (QED) is 0.329. The van der Waals surface area contributed by atoms with Gasteiger partial charge in [0, 0.05) is 24.3 Å². The van der Waals surface area contributed by atoms with E-state index in [2.05, 4.69) is 0 Å². The Labute approximate surface area is 199 Å². The van der Waals surface area contributed by atoms with Gasteiger partial charge in [0.25, 0.3) is 0 Å². The van der Waals surface area contributed by atoms with Gasteiger partial charge in [-0.15, -0.1) is 0 Å². The van der Waals surface area contributed by atoms with Gasteiger partial charge in [0.1, 0.15) is 6.10 Å². The average molecular weight is 475 g/mol. The van der Waals surface area contributed by atoms with Crippen LogP contribution < -0.4 is 0 Å². The number of esters is 3. The fourth-order valence-electron chi connectivity index (χ4n) is 6.41. The Hall–Kier alpha value is -2.64. The van der Waals surface area contributed by atoms with Crippen molar-refractivity contribution in [1.82, 2.24) is 0 Å². The highest BCUT2D eigenvalue weighted by atomic mass is 16.6.